The maximum atomic E-state index is 12.5. The number of aromatic amines is 1. The lowest BCUT2D eigenvalue weighted by molar-refractivity contribution is -0.368. The van der Waals surface area contributed by atoms with Crippen molar-refractivity contribution in [3.63, 3.8) is 0 Å². The van der Waals surface area contributed by atoms with Crippen molar-refractivity contribution >= 4 is 17.7 Å². The molecule has 0 radical (unpaired) electrons. The fourth-order valence-electron chi connectivity index (χ4n) is 2.64. The zero-order chi connectivity index (χ0) is 21.6. The highest BCUT2D eigenvalue weighted by Crippen LogP contribution is 2.03. The Bertz CT molecular complexity index is 619. The van der Waals surface area contributed by atoms with E-state index in [2.05, 4.69) is 31.7 Å². The summed E-state index contributed by atoms with van der Waals surface area (Å²) in [5.41, 5.74) is 10.5. The number of carbonyl (C=O) groups is 3. The third kappa shape index (κ3) is 10.0. The largest absolute Gasteiger partial charge is 0.358 e. The van der Waals surface area contributed by atoms with Crippen LogP contribution < -0.4 is 27.4 Å². The standard InChI is InChI=1S/C19H35N7O3/c1-13(2)17(27)23-8-5-9-24-19(29)16(6-3-4-7-20)26-18(28)15(21)10-14-11-22-12-25-14/h11-13,15-16H,3-10,20-21H2,1-2H3,(H,22,25)(H,23,27)(H,24,29)(H,26,28)/p+1. The number of rotatable bonds is 14. The normalized spacial score (nSPS) is 13.0. The molecule has 10 nitrogen and oxygen atoms in total. The monoisotopic (exact) mass is 410 g/mol. The highest BCUT2D eigenvalue weighted by molar-refractivity contribution is 5.89. The summed E-state index contributed by atoms with van der Waals surface area (Å²) >= 11 is 0. The van der Waals surface area contributed by atoms with Gasteiger partial charge in [0.1, 0.15) is 6.04 Å². The zero-order valence-electron chi connectivity index (χ0n) is 17.5. The lowest BCUT2D eigenvalue weighted by atomic mass is 10.1. The minimum atomic E-state index is -0.773. The van der Waals surface area contributed by atoms with Gasteiger partial charge in [0.05, 0.1) is 18.9 Å². The van der Waals surface area contributed by atoms with E-state index in [1.165, 1.54) is 6.33 Å². The first-order chi connectivity index (χ1) is 13.8. The number of quaternary nitrogens is 1. The van der Waals surface area contributed by atoms with Crippen molar-refractivity contribution in [1.82, 2.24) is 25.9 Å². The van der Waals surface area contributed by atoms with Gasteiger partial charge in [-0.1, -0.05) is 13.8 Å². The van der Waals surface area contributed by atoms with E-state index in [1.54, 1.807) is 6.20 Å². The molecule has 2 atom stereocenters. The molecule has 1 heterocycles. The van der Waals surface area contributed by atoms with Crippen molar-refractivity contribution < 1.29 is 20.1 Å². The van der Waals surface area contributed by atoms with Crippen LogP contribution in [0.5, 0.6) is 0 Å². The molecule has 0 aliphatic heterocycles. The average molecular weight is 411 g/mol. The molecule has 9 N–H and O–H groups in total. The quantitative estimate of drug-likeness (QED) is 0.204. The second kappa shape index (κ2) is 13.7. The number of hydrogen-bond acceptors (Lipinski definition) is 5. The highest BCUT2D eigenvalue weighted by atomic mass is 16.2. The smallest absolute Gasteiger partial charge is 0.242 e. The minimum absolute atomic E-state index is 0.0131. The molecule has 10 heteroatoms. The number of imidazole rings is 1. The summed E-state index contributed by atoms with van der Waals surface area (Å²) in [6.45, 7) is 5.33. The van der Waals surface area contributed by atoms with Gasteiger partial charge in [0.25, 0.3) is 0 Å². The molecule has 1 aromatic heterocycles. The first-order valence-electron chi connectivity index (χ1n) is 10.2. The van der Waals surface area contributed by atoms with Crippen LogP contribution in [-0.2, 0) is 20.8 Å². The number of carbonyl (C=O) groups excluding carboxylic acids is 3. The number of aromatic nitrogens is 2. The lowest BCUT2D eigenvalue weighted by Gasteiger charge is -2.20. The maximum absolute atomic E-state index is 12.5. The second-order valence-corrected chi connectivity index (χ2v) is 7.39. The number of nitrogens with one attached hydrogen (secondary N) is 4. The Labute approximate surface area is 172 Å². The third-order valence-corrected chi connectivity index (χ3v) is 4.43. The summed E-state index contributed by atoms with van der Waals surface area (Å²) in [6.07, 6.45) is 6.25. The van der Waals surface area contributed by atoms with Gasteiger partial charge in [0.2, 0.25) is 17.7 Å². The molecule has 0 bridgehead atoms. The zero-order valence-corrected chi connectivity index (χ0v) is 17.5. The number of H-pyrrole nitrogens is 1. The van der Waals surface area contributed by atoms with Crippen LogP contribution in [0.3, 0.4) is 0 Å². The Kier molecular flexibility index (Phi) is 11.6. The van der Waals surface area contributed by atoms with Crippen molar-refractivity contribution in [1.29, 1.82) is 0 Å². The van der Waals surface area contributed by atoms with Crippen LogP contribution >= 0.6 is 0 Å². The van der Waals surface area contributed by atoms with Gasteiger partial charge in [0, 0.05) is 37.3 Å². The summed E-state index contributed by atoms with van der Waals surface area (Å²) in [5.74, 6) is -0.700. The van der Waals surface area contributed by atoms with Gasteiger partial charge in [-0.2, -0.15) is 0 Å². The average Bonchev–Trinajstić information content (AvgIpc) is 3.19. The first-order valence-corrected chi connectivity index (χ1v) is 10.2. The molecular weight excluding hydrogens is 374 g/mol. The molecule has 0 saturated heterocycles. The molecule has 0 saturated carbocycles. The van der Waals surface area contributed by atoms with E-state index in [4.69, 9.17) is 5.73 Å². The summed E-state index contributed by atoms with van der Waals surface area (Å²) < 4.78 is 0. The molecule has 0 aromatic carbocycles. The SMILES string of the molecule is CC(C)C(=O)NCCCNC(=O)C(CCCC[NH3+])NC(=O)C(N)Cc1cnc[nH]1. The fraction of sp³-hybridized carbons (Fsp3) is 0.684. The van der Waals surface area contributed by atoms with Gasteiger partial charge in [-0.15, -0.1) is 0 Å². The van der Waals surface area contributed by atoms with E-state index in [-0.39, 0.29) is 23.6 Å². The van der Waals surface area contributed by atoms with Crippen LogP contribution in [-0.4, -0.2) is 59.4 Å². The number of amides is 3. The summed E-state index contributed by atoms with van der Waals surface area (Å²) in [5, 5.41) is 8.39. The Morgan fingerprint density at radius 2 is 1.79 bits per heavy atom. The van der Waals surface area contributed by atoms with Crippen molar-refractivity contribution in [3.05, 3.63) is 18.2 Å². The Balaban J connectivity index is 2.46. The van der Waals surface area contributed by atoms with Gasteiger partial charge in [0.15, 0.2) is 0 Å². The van der Waals surface area contributed by atoms with Gasteiger partial charge in [-0.05, 0) is 25.7 Å². The van der Waals surface area contributed by atoms with Crippen LogP contribution in [0.1, 0.15) is 45.2 Å². The van der Waals surface area contributed by atoms with E-state index in [0.29, 0.717) is 32.4 Å². The van der Waals surface area contributed by atoms with E-state index in [0.717, 1.165) is 25.1 Å². The molecule has 1 rings (SSSR count). The summed E-state index contributed by atoms with van der Waals surface area (Å²) in [7, 11) is 0. The molecule has 0 aliphatic carbocycles. The number of hydrogen-bond donors (Lipinski definition) is 6. The molecule has 0 fully saturated rings. The van der Waals surface area contributed by atoms with Gasteiger partial charge in [-0.25, -0.2) is 4.98 Å². The molecule has 2 unspecified atom stereocenters. The van der Waals surface area contributed by atoms with Gasteiger partial charge in [-0.3, -0.25) is 14.4 Å². The van der Waals surface area contributed by atoms with Crippen LogP contribution in [0.2, 0.25) is 0 Å². The third-order valence-electron chi connectivity index (χ3n) is 4.43. The summed E-state index contributed by atoms with van der Waals surface area (Å²) in [4.78, 5) is 43.3. The van der Waals surface area contributed by atoms with Crippen LogP contribution in [0, 0.1) is 5.92 Å². The molecule has 164 valence electrons. The Morgan fingerprint density at radius 3 is 2.38 bits per heavy atom. The Morgan fingerprint density at radius 1 is 1.10 bits per heavy atom. The molecule has 3 amide bonds. The fourth-order valence-corrected chi connectivity index (χ4v) is 2.64. The number of nitrogens with two attached hydrogens (primary N) is 1. The van der Waals surface area contributed by atoms with Crippen LogP contribution in [0.25, 0.3) is 0 Å². The second-order valence-electron chi connectivity index (χ2n) is 7.39. The van der Waals surface area contributed by atoms with Crippen molar-refractivity contribution in [2.75, 3.05) is 19.6 Å². The van der Waals surface area contributed by atoms with Crippen LogP contribution in [0.4, 0.5) is 0 Å². The van der Waals surface area contributed by atoms with E-state index >= 15 is 0 Å². The van der Waals surface area contributed by atoms with E-state index in [1.807, 2.05) is 13.8 Å². The van der Waals surface area contributed by atoms with E-state index in [9.17, 15) is 14.4 Å². The molecule has 0 spiro atoms. The molecule has 1 aromatic rings. The predicted octanol–water partition coefficient (Wildman–Crippen LogP) is -1.54. The Hall–Kier alpha value is -2.46. The van der Waals surface area contributed by atoms with Crippen LogP contribution in [0.15, 0.2) is 12.5 Å². The van der Waals surface area contributed by atoms with Crippen molar-refractivity contribution in [3.8, 4) is 0 Å². The topological polar surface area (TPSA) is 170 Å². The highest BCUT2D eigenvalue weighted by Gasteiger charge is 2.23. The van der Waals surface area contributed by atoms with E-state index < -0.39 is 12.1 Å². The molecule has 0 aliphatic rings. The van der Waals surface area contributed by atoms with Gasteiger partial charge >= 0.3 is 0 Å². The molecular formula is C19H36N7O3+. The first kappa shape index (κ1) is 24.6. The van der Waals surface area contributed by atoms with Gasteiger partial charge < -0.3 is 32.4 Å². The maximum Gasteiger partial charge on any atom is 0.242 e. The van der Waals surface area contributed by atoms with Crippen molar-refractivity contribution in [2.45, 2.75) is 58.0 Å². The lowest BCUT2D eigenvalue weighted by Crippen LogP contribution is -2.53. The predicted molar refractivity (Wildman–Crippen MR) is 109 cm³/mol. The number of unbranched alkanes of at least 4 members (excludes halogenated alkanes) is 1. The molecule has 29 heavy (non-hydrogen) atoms. The van der Waals surface area contributed by atoms with Crippen molar-refractivity contribution in [2.24, 2.45) is 11.7 Å². The minimum Gasteiger partial charge on any atom is -0.358 e. The number of nitrogens with zero attached hydrogens (tertiary/aromatic N) is 1. The summed E-state index contributed by atoms with van der Waals surface area (Å²) in [6, 6.07) is -1.42.